The highest BCUT2D eigenvalue weighted by Gasteiger charge is 2.24. The van der Waals surface area contributed by atoms with Gasteiger partial charge in [-0.1, -0.05) is 19.1 Å². The third-order valence-corrected chi connectivity index (χ3v) is 4.41. The lowest BCUT2D eigenvalue weighted by molar-refractivity contribution is 0.313. The molecule has 0 aliphatic carbocycles. The van der Waals surface area contributed by atoms with Crippen molar-refractivity contribution in [3.05, 3.63) is 24.3 Å². The first kappa shape index (κ1) is 14.2. The van der Waals surface area contributed by atoms with E-state index in [-0.39, 0.29) is 0 Å². The molecule has 0 bridgehead atoms. The summed E-state index contributed by atoms with van der Waals surface area (Å²) >= 11 is 0. The molecule has 21 heavy (non-hydrogen) atoms. The van der Waals surface area contributed by atoms with Crippen LogP contribution in [0.2, 0.25) is 0 Å². The Bertz CT molecular complexity index is 592. The van der Waals surface area contributed by atoms with Gasteiger partial charge in [0.1, 0.15) is 5.52 Å². The van der Waals surface area contributed by atoms with Crippen LogP contribution in [0.25, 0.3) is 11.0 Å². The molecule has 1 aliphatic rings. The zero-order valence-corrected chi connectivity index (χ0v) is 12.8. The molecule has 1 fully saturated rings. The minimum atomic E-state index is 0.591. The number of aromatic nitrogens is 3. The zero-order valence-electron chi connectivity index (χ0n) is 12.8. The number of hydrogen-bond donors (Lipinski definition) is 1. The Labute approximate surface area is 125 Å². The fourth-order valence-electron chi connectivity index (χ4n) is 3.09. The number of hydrogen-bond acceptors (Lipinski definition) is 5. The van der Waals surface area contributed by atoms with Crippen LogP contribution in [0.15, 0.2) is 24.3 Å². The molecule has 2 aromatic rings. The molecule has 0 saturated carbocycles. The summed E-state index contributed by atoms with van der Waals surface area (Å²) in [6.07, 6.45) is 2.37. The number of para-hydroxylation sites is 1. The minimum Gasteiger partial charge on any atom is -0.339 e. The van der Waals surface area contributed by atoms with Gasteiger partial charge in [0.15, 0.2) is 0 Å². The molecule has 1 aromatic heterocycles. The molecule has 1 unspecified atom stereocenters. The Morgan fingerprint density at radius 1 is 1.19 bits per heavy atom. The van der Waals surface area contributed by atoms with E-state index in [0.717, 1.165) is 42.5 Å². The average molecular weight is 285 g/mol. The molecule has 5 heteroatoms. The normalized spacial score (nSPS) is 18.1. The van der Waals surface area contributed by atoms with Crippen molar-refractivity contribution in [1.82, 2.24) is 20.5 Å². The molecule has 0 radical (unpaired) electrons. The van der Waals surface area contributed by atoms with Crippen LogP contribution in [-0.2, 0) is 0 Å². The largest absolute Gasteiger partial charge is 0.339 e. The Morgan fingerprint density at radius 3 is 2.62 bits per heavy atom. The van der Waals surface area contributed by atoms with Crippen molar-refractivity contribution in [2.75, 3.05) is 24.5 Å². The summed E-state index contributed by atoms with van der Waals surface area (Å²) in [5.41, 5.74) is 1.78. The van der Waals surface area contributed by atoms with Crippen LogP contribution in [0.1, 0.15) is 26.7 Å². The second-order valence-electron chi connectivity index (χ2n) is 5.77. The van der Waals surface area contributed by atoms with Crippen LogP contribution in [0.4, 0.5) is 5.95 Å². The summed E-state index contributed by atoms with van der Waals surface area (Å²) in [6, 6.07) is 8.49. The maximum Gasteiger partial charge on any atom is 0.245 e. The first-order valence-electron chi connectivity index (χ1n) is 7.85. The molecule has 0 spiro atoms. The fourth-order valence-corrected chi connectivity index (χ4v) is 3.09. The second kappa shape index (κ2) is 6.35. The summed E-state index contributed by atoms with van der Waals surface area (Å²) in [7, 11) is 0. The minimum absolute atomic E-state index is 0.591. The lowest BCUT2D eigenvalue weighted by Gasteiger charge is -2.34. The van der Waals surface area contributed by atoms with Crippen molar-refractivity contribution in [1.29, 1.82) is 0 Å². The number of anilines is 1. The predicted molar refractivity (Wildman–Crippen MR) is 85.4 cm³/mol. The van der Waals surface area contributed by atoms with Gasteiger partial charge < -0.3 is 10.2 Å². The molecule has 5 nitrogen and oxygen atoms in total. The summed E-state index contributed by atoms with van der Waals surface area (Å²) in [5, 5.41) is 12.1. The van der Waals surface area contributed by atoms with Crippen molar-refractivity contribution < 1.29 is 0 Å². The molecule has 2 heterocycles. The zero-order chi connectivity index (χ0) is 14.7. The van der Waals surface area contributed by atoms with Crippen LogP contribution >= 0.6 is 0 Å². The summed E-state index contributed by atoms with van der Waals surface area (Å²) < 4.78 is 0. The quantitative estimate of drug-likeness (QED) is 0.933. The van der Waals surface area contributed by atoms with E-state index in [4.69, 9.17) is 0 Å². The molecule has 1 atom stereocenters. The van der Waals surface area contributed by atoms with E-state index in [9.17, 15) is 0 Å². The van der Waals surface area contributed by atoms with E-state index in [0.29, 0.717) is 6.04 Å². The highest BCUT2D eigenvalue weighted by atomic mass is 15.3. The van der Waals surface area contributed by atoms with Gasteiger partial charge in [-0.3, -0.25) is 0 Å². The standard InChI is InChI=1S/C16H23N5/c1-3-17-12(2)13-8-10-21(11-9-13)16-18-14-6-4-5-7-15(14)19-20-16/h4-7,12-13,17H,3,8-11H2,1-2H3. The van der Waals surface area contributed by atoms with E-state index in [1.807, 2.05) is 24.3 Å². The summed E-state index contributed by atoms with van der Waals surface area (Å²) in [4.78, 5) is 6.90. The second-order valence-corrected chi connectivity index (χ2v) is 5.77. The highest BCUT2D eigenvalue weighted by Crippen LogP contribution is 2.23. The lowest BCUT2D eigenvalue weighted by Crippen LogP contribution is -2.42. The molecule has 0 amide bonds. The molecule has 1 N–H and O–H groups in total. The third kappa shape index (κ3) is 3.13. The van der Waals surface area contributed by atoms with Crippen molar-refractivity contribution in [2.24, 2.45) is 5.92 Å². The molecule has 112 valence electrons. The number of rotatable bonds is 4. The van der Waals surface area contributed by atoms with Crippen LogP contribution in [0.3, 0.4) is 0 Å². The van der Waals surface area contributed by atoms with Crippen LogP contribution in [0.5, 0.6) is 0 Å². The maximum atomic E-state index is 4.64. The molecule has 1 saturated heterocycles. The van der Waals surface area contributed by atoms with Crippen LogP contribution < -0.4 is 10.2 Å². The topological polar surface area (TPSA) is 53.9 Å². The maximum absolute atomic E-state index is 4.64. The SMILES string of the molecule is CCNC(C)C1CCN(c2nnc3ccccc3n2)CC1. The van der Waals surface area contributed by atoms with Gasteiger partial charge in [0.25, 0.3) is 0 Å². The Morgan fingerprint density at radius 2 is 1.90 bits per heavy atom. The first-order chi connectivity index (χ1) is 10.3. The molecule has 1 aromatic carbocycles. The van der Waals surface area contributed by atoms with Gasteiger partial charge in [0.2, 0.25) is 5.95 Å². The number of benzene rings is 1. The van der Waals surface area contributed by atoms with Gasteiger partial charge in [-0.05, 0) is 44.4 Å². The molecular weight excluding hydrogens is 262 g/mol. The van der Waals surface area contributed by atoms with Gasteiger partial charge in [0.05, 0.1) is 5.52 Å². The molecule has 3 rings (SSSR count). The molecular formula is C16H23N5. The van der Waals surface area contributed by atoms with Crippen LogP contribution in [0, 0.1) is 5.92 Å². The number of fused-ring (bicyclic) bond motifs is 1. The van der Waals surface area contributed by atoms with Gasteiger partial charge in [-0.15, -0.1) is 10.2 Å². The van der Waals surface area contributed by atoms with Gasteiger partial charge in [0, 0.05) is 19.1 Å². The van der Waals surface area contributed by atoms with Gasteiger partial charge >= 0.3 is 0 Å². The number of piperidine rings is 1. The van der Waals surface area contributed by atoms with Crippen molar-refractivity contribution in [2.45, 2.75) is 32.7 Å². The van der Waals surface area contributed by atoms with Gasteiger partial charge in [-0.25, -0.2) is 4.98 Å². The third-order valence-electron chi connectivity index (χ3n) is 4.41. The average Bonchev–Trinajstić information content (AvgIpc) is 2.55. The molecule has 1 aliphatic heterocycles. The lowest BCUT2D eigenvalue weighted by atomic mass is 9.90. The van der Waals surface area contributed by atoms with Crippen molar-refractivity contribution >= 4 is 17.0 Å². The first-order valence-corrected chi connectivity index (χ1v) is 7.85. The fraction of sp³-hybridized carbons (Fsp3) is 0.562. The van der Waals surface area contributed by atoms with E-state index >= 15 is 0 Å². The summed E-state index contributed by atoms with van der Waals surface area (Å²) in [5.74, 6) is 1.51. The number of nitrogens with one attached hydrogen (secondary N) is 1. The number of nitrogens with zero attached hydrogens (tertiary/aromatic N) is 4. The van der Waals surface area contributed by atoms with Gasteiger partial charge in [-0.2, -0.15) is 0 Å². The van der Waals surface area contributed by atoms with E-state index < -0.39 is 0 Å². The highest BCUT2D eigenvalue weighted by molar-refractivity contribution is 5.74. The Hall–Kier alpha value is -1.75. The monoisotopic (exact) mass is 285 g/mol. The van der Waals surface area contributed by atoms with E-state index in [2.05, 4.69) is 39.2 Å². The smallest absolute Gasteiger partial charge is 0.245 e. The van der Waals surface area contributed by atoms with Crippen molar-refractivity contribution in [3.63, 3.8) is 0 Å². The van der Waals surface area contributed by atoms with Crippen LogP contribution in [-0.4, -0.2) is 40.9 Å². The van der Waals surface area contributed by atoms with Crippen molar-refractivity contribution in [3.8, 4) is 0 Å². The van der Waals surface area contributed by atoms with E-state index in [1.54, 1.807) is 0 Å². The summed E-state index contributed by atoms with van der Waals surface area (Å²) in [6.45, 7) is 7.53. The Balaban J connectivity index is 1.68. The van der Waals surface area contributed by atoms with E-state index in [1.165, 1.54) is 12.8 Å². The Kier molecular flexibility index (Phi) is 4.29. The predicted octanol–water partition coefficient (Wildman–Crippen LogP) is 2.24.